The quantitative estimate of drug-likeness (QED) is 0.920. The van der Waals surface area contributed by atoms with Crippen molar-refractivity contribution in [3.63, 3.8) is 0 Å². The molecule has 1 N–H and O–H groups in total. The predicted octanol–water partition coefficient (Wildman–Crippen LogP) is 3.19. The minimum atomic E-state index is 0.0355. The van der Waals surface area contributed by atoms with Gasteiger partial charge in [-0.05, 0) is 38.6 Å². The van der Waals surface area contributed by atoms with Crippen LogP contribution < -0.4 is 5.32 Å². The number of aryl methyl sites for hydroxylation is 2. The zero-order valence-corrected chi connectivity index (χ0v) is 13.3. The lowest BCUT2D eigenvalue weighted by atomic mass is 10.1. The topological polar surface area (TPSA) is 45.2 Å². The summed E-state index contributed by atoms with van der Waals surface area (Å²) in [5.41, 5.74) is 3.05. The first kappa shape index (κ1) is 14.9. The zero-order chi connectivity index (χ0) is 14.7. The summed E-state index contributed by atoms with van der Waals surface area (Å²) in [5.74, 6) is 0.0355. The van der Waals surface area contributed by atoms with Gasteiger partial charge < -0.3 is 5.32 Å². The van der Waals surface area contributed by atoms with E-state index in [1.165, 1.54) is 0 Å². The number of carbonyl (C=O) groups is 1. The first-order chi connectivity index (χ1) is 9.55. The maximum atomic E-state index is 12.1. The van der Waals surface area contributed by atoms with Gasteiger partial charge in [0.15, 0.2) is 0 Å². The second-order valence-corrected chi connectivity index (χ2v) is 5.78. The molecule has 4 nitrogen and oxygen atoms in total. The van der Waals surface area contributed by atoms with E-state index in [1.54, 1.807) is 11.3 Å². The number of carbonyl (C=O) groups excluding carboxylic acids is 1. The largest absolute Gasteiger partial charge is 0.324 e. The molecule has 0 radical (unpaired) electrons. The van der Waals surface area contributed by atoms with Crippen LogP contribution in [0.5, 0.6) is 0 Å². The zero-order valence-electron chi connectivity index (χ0n) is 12.5. The molecule has 0 aromatic carbocycles. The number of likely N-dealkylation sites (N-methyl/N-ethyl adjacent to an activating group) is 1. The lowest BCUT2D eigenvalue weighted by Crippen LogP contribution is -2.32. The molecule has 0 saturated heterocycles. The van der Waals surface area contributed by atoms with Gasteiger partial charge in [0, 0.05) is 16.5 Å². The van der Waals surface area contributed by atoms with Crippen LogP contribution in [0.4, 0.5) is 5.69 Å². The fraction of sp³-hybridized carbons (Fsp3) is 0.467. The molecule has 0 spiro atoms. The average Bonchev–Trinajstić information content (AvgIpc) is 2.78. The molecule has 0 bridgehead atoms. The lowest BCUT2D eigenvalue weighted by molar-refractivity contribution is -0.117. The summed E-state index contributed by atoms with van der Waals surface area (Å²) in [7, 11) is 0. The van der Waals surface area contributed by atoms with Crippen molar-refractivity contribution in [3.8, 4) is 0 Å². The minimum Gasteiger partial charge on any atom is -0.324 e. The van der Waals surface area contributed by atoms with Crippen molar-refractivity contribution in [2.45, 2.75) is 27.7 Å². The van der Waals surface area contributed by atoms with Gasteiger partial charge >= 0.3 is 0 Å². The summed E-state index contributed by atoms with van der Waals surface area (Å²) in [4.78, 5) is 19.7. The van der Waals surface area contributed by atoms with E-state index in [-0.39, 0.29) is 5.91 Å². The highest BCUT2D eigenvalue weighted by Gasteiger charge is 2.13. The van der Waals surface area contributed by atoms with Gasteiger partial charge in [0.2, 0.25) is 5.91 Å². The number of amides is 1. The van der Waals surface area contributed by atoms with E-state index in [0.717, 1.165) is 40.3 Å². The average molecular weight is 291 g/mol. The molecule has 0 aliphatic heterocycles. The molecule has 0 saturated carbocycles. The third-order valence-corrected chi connectivity index (χ3v) is 4.28. The van der Waals surface area contributed by atoms with Gasteiger partial charge in [0.05, 0.1) is 12.2 Å². The number of nitrogens with zero attached hydrogens (tertiary/aromatic N) is 2. The van der Waals surface area contributed by atoms with Crippen LogP contribution in [0, 0.1) is 13.8 Å². The Labute approximate surface area is 123 Å². The number of pyridine rings is 1. The fourth-order valence-electron chi connectivity index (χ4n) is 2.32. The molecule has 0 atom stereocenters. The molecule has 0 aliphatic rings. The summed E-state index contributed by atoms with van der Waals surface area (Å²) in [6, 6.07) is 2.05. The highest BCUT2D eigenvalue weighted by molar-refractivity contribution is 7.17. The normalized spacial score (nSPS) is 11.2. The molecule has 0 unspecified atom stereocenters. The summed E-state index contributed by atoms with van der Waals surface area (Å²) >= 11 is 1.58. The number of fused-ring (bicyclic) bond motifs is 1. The Bertz CT molecular complexity index is 617. The number of anilines is 1. The Morgan fingerprint density at radius 1 is 1.35 bits per heavy atom. The number of hydrogen-bond acceptors (Lipinski definition) is 4. The first-order valence-corrected chi connectivity index (χ1v) is 7.80. The van der Waals surface area contributed by atoms with E-state index in [4.69, 9.17) is 0 Å². The van der Waals surface area contributed by atoms with Gasteiger partial charge in [-0.2, -0.15) is 0 Å². The van der Waals surface area contributed by atoms with E-state index in [1.807, 2.05) is 12.3 Å². The molecule has 2 rings (SSSR count). The number of nitrogens with one attached hydrogen (secondary N) is 1. The number of aromatic nitrogens is 1. The molecule has 2 heterocycles. The maximum Gasteiger partial charge on any atom is 0.238 e. The van der Waals surface area contributed by atoms with Gasteiger partial charge in [0.25, 0.3) is 0 Å². The summed E-state index contributed by atoms with van der Waals surface area (Å²) < 4.78 is 0. The van der Waals surface area contributed by atoms with Crippen molar-refractivity contribution in [2.75, 3.05) is 25.0 Å². The van der Waals surface area contributed by atoms with Crippen molar-refractivity contribution in [2.24, 2.45) is 0 Å². The Hall–Kier alpha value is -1.46. The molecule has 2 aromatic rings. The van der Waals surface area contributed by atoms with Crippen LogP contribution in [0.3, 0.4) is 0 Å². The second kappa shape index (κ2) is 6.33. The van der Waals surface area contributed by atoms with Crippen LogP contribution in [0.2, 0.25) is 0 Å². The molecule has 0 fully saturated rings. The Kier molecular flexibility index (Phi) is 4.73. The van der Waals surface area contributed by atoms with Crippen molar-refractivity contribution in [1.82, 2.24) is 9.88 Å². The molecule has 5 heteroatoms. The standard InChI is InChI=1S/C15H21N3OS/c1-5-18(6-2)8-13(19)17-12-9-20-15-14(12)10(3)7-11(4)16-15/h7,9H,5-6,8H2,1-4H3,(H,17,19). The van der Waals surface area contributed by atoms with Gasteiger partial charge in [-0.3, -0.25) is 9.69 Å². The van der Waals surface area contributed by atoms with E-state index in [0.29, 0.717) is 6.54 Å². The summed E-state index contributed by atoms with van der Waals surface area (Å²) in [5, 5.41) is 6.05. The van der Waals surface area contributed by atoms with Crippen LogP contribution >= 0.6 is 11.3 Å². The Morgan fingerprint density at radius 3 is 2.70 bits per heavy atom. The van der Waals surface area contributed by atoms with Crippen molar-refractivity contribution >= 4 is 33.1 Å². The van der Waals surface area contributed by atoms with E-state index in [2.05, 4.69) is 42.0 Å². The van der Waals surface area contributed by atoms with Crippen LogP contribution in [-0.4, -0.2) is 35.4 Å². The predicted molar refractivity (Wildman–Crippen MR) is 85.5 cm³/mol. The first-order valence-electron chi connectivity index (χ1n) is 6.92. The fourth-order valence-corrected chi connectivity index (χ4v) is 3.31. The van der Waals surface area contributed by atoms with Gasteiger partial charge in [-0.15, -0.1) is 11.3 Å². The van der Waals surface area contributed by atoms with Crippen LogP contribution in [-0.2, 0) is 4.79 Å². The van der Waals surface area contributed by atoms with Gasteiger partial charge in [0.1, 0.15) is 4.83 Å². The van der Waals surface area contributed by atoms with E-state index in [9.17, 15) is 4.79 Å². The number of hydrogen-bond donors (Lipinski definition) is 1. The smallest absolute Gasteiger partial charge is 0.238 e. The third kappa shape index (κ3) is 3.16. The van der Waals surface area contributed by atoms with Gasteiger partial charge in [-0.1, -0.05) is 13.8 Å². The summed E-state index contributed by atoms with van der Waals surface area (Å²) in [6.45, 7) is 10.4. The Morgan fingerprint density at radius 2 is 2.05 bits per heavy atom. The number of thiophene rings is 1. The van der Waals surface area contributed by atoms with Crippen molar-refractivity contribution in [1.29, 1.82) is 0 Å². The minimum absolute atomic E-state index is 0.0355. The van der Waals surface area contributed by atoms with Crippen molar-refractivity contribution < 1.29 is 4.79 Å². The van der Waals surface area contributed by atoms with Crippen LogP contribution in [0.15, 0.2) is 11.4 Å². The molecular formula is C15H21N3OS. The second-order valence-electron chi connectivity index (χ2n) is 4.92. The maximum absolute atomic E-state index is 12.1. The summed E-state index contributed by atoms with van der Waals surface area (Å²) in [6.07, 6.45) is 0. The highest BCUT2D eigenvalue weighted by atomic mass is 32.1. The molecule has 2 aromatic heterocycles. The molecule has 0 aliphatic carbocycles. The number of rotatable bonds is 5. The van der Waals surface area contributed by atoms with Crippen molar-refractivity contribution in [3.05, 3.63) is 22.7 Å². The lowest BCUT2D eigenvalue weighted by Gasteiger charge is -2.17. The van der Waals surface area contributed by atoms with E-state index < -0.39 is 0 Å². The SMILES string of the molecule is CCN(CC)CC(=O)Nc1csc2nc(C)cc(C)c12. The molecule has 20 heavy (non-hydrogen) atoms. The third-order valence-electron chi connectivity index (χ3n) is 3.40. The monoisotopic (exact) mass is 291 g/mol. The molecular weight excluding hydrogens is 270 g/mol. The Balaban J connectivity index is 2.20. The highest BCUT2D eigenvalue weighted by Crippen LogP contribution is 2.31. The van der Waals surface area contributed by atoms with Crippen LogP contribution in [0.1, 0.15) is 25.1 Å². The van der Waals surface area contributed by atoms with Crippen LogP contribution in [0.25, 0.3) is 10.2 Å². The molecule has 108 valence electrons. The van der Waals surface area contributed by atoms with E-state index >= 15 is 0 Å². The van der Waals surface area contributed by atoms with Gasteiger partial charge in [-0.25, -0.2) is 4.98 Å². The molecule has 1 amide bonds.